The standard InChI is InChI=1S/C36H25N3/c1-2-14-26(15-3-1)39-34-21-11-10-20-32(34)38-36(39)35-28-17-7-5-13-25(28)23-33(37-35)31-22-24-12-4-6-16-27(24)29-18-8-9-19-30(29)31/h1-23,30-31H. The molecule has 2 unspecified atom stereocenters. The maximum atomic E-state index is 5.45. The molecular formula is C36H25N3. The van der Waals surface area contributed by atoms with Crippen LogP contribution in [0.4, 0.5) is 0 Å². The van der Waals surface area contributed by atoms with Gasteiger partial charge in [-0.2, -0.15) is 0 Å². The Morgan fingerprint density at radius 1 is 0.667 bits per heavy atom. The van der Waals surface area contributed by atoms with Crippen LogP contribution in [0.5, 0.6) is 0 Å². The van der Waals surface area contributed by atoms with Gasteiger partial charge in [0.2, 0.25) is 0 Å². The molecule has 2 heterocycles. The van der Waals surface area contributed by atoms with Crippen molar-refractivity contribution < 1.29 is 0 Å². The second-order valence-corrected chi connectivity index (χ2v) is 10.2. The average molecular weight is 500 g/mol. The third-order valence-corrected chi connectivity index (χ3v) is 7.97. The highest BCUT2D eigenvalue weighted by Crippen LogP contribution is 2.39. The van der Waals surface area contributed by atoms with Crippen LogP contribution >= 0.6 is 0 Å². The Morgan fingerprint density at radius 3 is 2.41 bits per heavy atom. The zero-order valence-electron chi connectivity index (χ0n) is 21.3. The molecule has 4 aromatic carbocycles. The number of rotatable bonds is 3. The highest BCUT2D eigenvalue weighted by atomic mass is 15.1. The van der Waals surface area contributed by atoms with Crippen LogP contribution in [0.2, 0.25) is 0 Å². The van der Waals surface area contributed by atoms with Gasteiger partial charge in [0.05, 0.1) is 11.0 Å². The van der Waals surface area contributed by atoms with Gasteiger partial charge in [-0.05, 0) is 51.7 Å². The molecule has 0 N–H and O–H groups in total. The van der Waals surface area contributed by atoms with E-state index in [1.54, 1.807) is 0 Å². The van der Waals surface area contributed by atoms with Gasteiger partial charge in [-0.3, -0.25) is 4.57 Å². The van der Waals surface area contributed by atoms with Gasteiger partial charge in [0, 0.05) is 28.6 Å². The summed E-state index contributed by atoms with van der Waals surface area (Å²) in [5.74, 6) is 1.22. The molecule has 0 amide bonds. The van der Waals surface area contributed by atoms with Crippen LogP contribution in [0, 0.1) is 5.92 Å². The number of aromatic nitrogens is 3. The van der Waals surface area contributed by atoms with E-state index in [4.69, 9.17) is 9.97 Å². The van der Waals surface area contributed by atoms with Gasteiger partial charge in [0.15, 0.2) is 5.82 Å². The number of hydrogen-bond donors (Lipinski definition) is 0. The molecule has 0 fully saturated rings. The summed E-state index contributed by atoms with van der Waals surface area (Å²) in [6.07, 6.45) is 11.3. The van der Waals surface area contributed by atoms with Crippen LogP contribution in [-0.2, 0) is 0 Å². The first-order valence-corrected chi connectivity index (χ1v) is 13.4. The molecule has 184 valence electrons. The van der Waals surface area contributed by atoms with Gasteiger partial charge in [-0.25, -0.2) is 9.97 Å². The summed E-state index contributed by atoms with van der Waals surface area (Å²) in [5, 5.41) is 4.86. The number of imidazole rings is 1. The molecule has 3 heteroatoms. The Bertz CT molecular complexity index is 2080. The third kappa shape index (κ3) is 3.51. The van der Waals surface area contributed by atoms with E-state index in [1.807, 2.05) is 12.1 Å². The van der Waals surface area contributed by atoms with E-state index in [0.29, 0.717) is 0 Å². The molecule has 0 spiro atoms. The Kier molecular flexibility index (Phi) is 4.95. The smallest absolute Gasteiger partial charge is 0.165 e. The summed E-state index contributed by atoms with van der Waals surface area (Å²) < 4.78 is 2.24. The van der Waals surface area contributed by atoms with Crippen LogP contribution in [0.1, 0.15) is 11.6 Å². The number of nitrogens with zero attached hydrogens (tertiary/aromatic N) is 3. The predicted molar refractivity (Wildman–Crippen MR) is 160 cm³/mol. The first-order chi connectivity index (χ1) is 19.3. The molecule has 2 aromatic heterocycles. The SMILES string of the molecule is C1=CC2=c3ccccc3=CC(c3cc4ccccc4c(-c4nc5ccccc5n4-c4ccccc4)n3)C2C=C1. The molecule has 3 nitrogen and oxygen atoms in total. The van der Waals surface area contributed by atoms with E-state index in [2.05, 4.69) is 132 Å². The number of fused-ring (bicyclic) bond motifs is 4. The van der Waals surface area contributed by atoms with E-state index in [9.17, 15) is 0 Å². The second-order valence-electron chi connectivity index (χ2n) is 10.2. The minimum Gasteiger partial charge on any atom is -0.291 e. The summed E-state index contributed by atoms with van der Waals surface area (Å²) in [7, 11) is 0. The van der Waals surface area contributed by atoms with E-state index in [-0.39, 0.29) is 11.8 Å². The van der Waals surface area contributed by atoms with Gasteiger partial charge < -0.3 is 0 Å². The normalized spacial score (nSPS) is 17.7. The van der Waals surface area contributed by atoms with E-state index in [1.165, 1.54) is 21.4 Å². The van der Waals surface area contributed by atoms with Crippen molar-refractivity contribution in [2.45, 2.75) is 5.92 Å². The molecule has 0 aliphatic heterocycles. The molecule has 39 heavy (non-hydrogen) atoms. The van der Waals surface area contributed by atoms with E-state index in [0.717, 1.165) is 39.3 Å². The Balaban J connectivity index is 1.42. The third-order valence-electron chi connectivity index (χ3n) is 7.97. The van der Waals surface area contributed by atoms with Crippen molar-refractivity contribution in [1.82, 2.24) is 14.5 Å². The molecule has 0 saturated carbocycles. The van der Waals surface area contributed by atoms with Gasteiger partial charge in [-0.15, -0.1) is 0 Å². The second kappa shape index (κ2) is 8.78. The quantitative estimate of drug-likeness (QED) is 0.271. The highest BCUT2D eigenvalue weighted by molar-refractivity contribution is 5.96. The minimum atomic E-state index is 0.119. The van der Waals surface area contributed by atoms with Gasteiger partial charge >= 0.3 is 0 Å². The molecule has 6 aromatic rings. The molecular weight excluding hydrogens is 474 g/mol. The summed E-state index contributed by atoms with van der Waals surface area (Å²) in [5.41, 5.74) is 6.44. The lowest BCUT2D eigenvalue weighted by Gasteiger charge is -2.28. The zero-order valence-corrected chi connectivity index (χ0v) is 21.3. The van der Waals surface area contributed by atoms with Crippen molar-refractivity contribution in [1.29, 1.82) is 0 Å². The lowest BCUT2D eigenvalue weighted by molar-refractivity contribution is 0.721. The Labute approximate surface area is 226 Å². The molecule has 2 aliphatic rings. The molecule has 0 saturated heterocycles. The van der Waals surface area contributed by atoms with Crippen LogP contribution in [0.25, 0.3) is 50.7 Å². The Morgan fingerprint density at radius 2 is 1.46 bits per heavy atom. The van der Waals surface area contributed by atoms with E-state index < -0.39 is 0 Å². The topological polar surface area (TPSA) is 30.7 Å². The fraction of sp³-hybridized carbons (Fsp3) is 0.0556. The first-order valence-electron chi connectivity index (χ1n) is 13.4. The maximum Gasteiger partial charge on any atom is 0.165 e. The summed E-state index contributed by atoms with van der Waals surface area (Å²) in [4.78, 5) is 10.6. The van der Waals surface area contributed by atoms with Gasteiger partial charge in [0.25, 0.3) is 0 Å². The van der Waals surface area contributed by atoms with Crippen LogP contribution in [-0.4, -0.2) is 14.5 Å². The Hall–Kier alpha value is -5.02. The summed E-state index contributed by atoms with van der Waals surface area (Å²) in [6, 6.07) is 38.3. The summed E-state index contributed by atoms with van der Waals surface area (Å²) >= 11 is 0. The van der Waals surface area contributed by atoms with E-state index >= 15 is 0 Å². The zero-order chi connectivity index (χ0) is 25.8. The summed E-state index contributed by atoms with van der Waals surface area (Å²) in [6.45, 7) is 0. The molecule has 0 bridgehead atoms. The van der Waals surface area contributed by atoms with Gasteiger partial charge in [0.1, 0.15) is 5.69 Å². The van der Waals surface area contributed by atoms with Crippen molar-refractivity contribution in [3.63, 3.8) is 0 Å². The monoisotopic (exact) mass is 499 g/mol. The molecule has 0 radical (unpaired) electrons. The number of benzene rings is 4. The van der Waals surface area contributed by atoms with Crippen LogP contribution in [0.15, 0.2) is 133 Å². The van der Waals surface area contributed by atoms with Crippen molar-refractivity contribution in [3.05, 3.63) is 150 Å². The number of hydrogen-bond acceptors (Lipinski definition) is 2. The van der Waals surface area contributed by atoms with Gasteiger partial charge in [-0.1, -0.05) is 109 Å². The van der Waals surface area contributed by atoms with Crippen molar-refractivity contribution >= 4 is 33.5 Å². The largest absolute Gasteiger partial charge is 0.291 e. The van der Waals surface area contributed by atoms with Crippen molar-refractivity contribution in [2.24, 2.45) is 5.92 Å². The lowest BCUT2D eigenvalue weighted by Crippen LogP contribution is -2.35. The highest BCUT2D eigenvalue weighted by Gasteiger charge is 2.29. The first kappa shape index (κ1) is 22.0. The fourth-order valence-corrected chi connectivity index (χ4v) is 6.20. The lowest BCUT2D eigenvalue weighted by atomic mass is 9.76. The number of pyridine rings is 1. The predicted octanol–water partition coefficient (Wildman–Crippen LogP) is 6.71. The van der Waals surface area contributed by atoms with Crippen LogP contribution < -0.4 is 10.4 Å². The van der Waals surface area contributed by atoms with Crippen LogP contribution in [0.3, 0.4) is 0 Å². The van der Waals surface area contributed by atoms with Crippen molar-refractivity contribution in [3.8, 4) is 17.2 Å². The molecule has 8 rings (SSSR count). The maximum absolute atomic E-state index is 5.45. The number of allylic oxidation sites excluding steroid dienone is 4. The minimum absolute atomic E-state index is 0.119. The molecule has 2 aliphatic carbocycles. The fourth-order valence-electron chi connectivity index (χ4n) is 6.20. The number of para-hydroxylation sites is 3. The molecule has 2 atom stereocenters. The average Bonchev–Trinajstić information content (AvgIpc) is 3.40. The van der Waals surface area contributed by atoms with Crippen molar-refractivity contribution in [2.75, 3.05) is 0 Å².